The van der Waals surface area contributed by atoms with Crippen LogP contribution >= 0.6 is 0 Å². The Labute approximate surface area is 94.3 Å². The van der Waals surface area contributed by atoms with Gasteiger partial charge in [-0.2, -0.15) is 12.7 Å². The van der Waals surface area contributed by atoms with Gasteiger partial charge in [0.2, 0.25) is 0 Å². The highest BCUT2D eigenvalue weighted by Gasteiger charge is 2.14. The van der Waals surface area contributed by atoms with E-state index in [0.29, 0.717) is 5.69 Å². The van der Waals surface area contributed by atoms with E-state index in [4.69, 9.17) is 0 Å². The van der Waals surface area contributed by atoms with Crippen LogP contribution in [0.3, 0.4) is 0 Å². The second-order valence-electron chi connectivity index (χ2n) is 3.63. The molecule has 16 heavy (non-hydrogen) atoms. The Bertz CT molecular complexity index is 601. The van der Waals surface area contributed by atoms with Gasteiger partial charge in [0, 0.05) is 31.2 Å². The molecule has 5 nitrogen and oxygen atoms in total. The molecule has 0 aliphatic heterocycles. The summed E-state index contributed by atoms with van der Waals surface area (Å²) < 4.78 is 27.0. The van der Waals surface area contributed by atoms with E-state index >= 15 is 0 Å². The van der Waals surface area contributed by atoms with E-state index in [-0.39, 0.29) is 0 Å². The summed E-state index contributed by atoms with van der Waals surface area (Å²) in [5, 5.41) is 0.855. The van der Waals surface area contributed by atoms with Gasteiger partial charge in [-0.1, -0.05) is 6.07 Å². The molecule has 0 radical (unpaired) electrons. The lowest BCUT2D eigenvalue weighted by Gasteiger charge is -2.13. The predicted octanol–water partition coefficient (Wildman–Crippen LogP) is 1.39. The number of aromatic nitrogens is 1. The van der Waals surface area contributed by atoms with Crippen molar-refractivity contribution in [3.8, 4) is 0 Å². The Hall–Kier alpha value is -1.53. The van der Waals surface area contributed by atoms with E-state index < -0.39 is 10.2 Å². The Morgan fingerprint density at radius 1 is 1.25 bits per heavy atom. The molecule has 0 saturated carbocycles. The zero-order chi connectivity index (χ0) is 11.8. The molecule has 0 bridgehead atoms. The smallest absolute Gasteiger partial charge is 0.301 e. The van der Waals surface area contributed by atoms with Gasteiger partial charge in [-0.25, -0.2) is 0 Å². The van der Waals surface area contributed by atoms with Gasteiger partial charge in [-0.15, -0.1) is 0 Å². The zero-order valence-corrected chi connectivity index (χ0v) is 9.88. The fraction of sp³-hybridized carbons (Fsp3) is 0.200. The van der Waals surface area contributed by atoms with E-state index in [1.54, 1.807) is 18.3 Å². The summed E-state index contributed by atoms with van der Waals surface area (Å²) in [6.07, 6.45) is 1.78. The average molecular weight is 239 g/mol. The topological polar surface area (TPSA) is 65.2 Å². The highest BCUT2D eigenvalue weighted by molar-refractivity contribution is 7.90. The largest absolute Gasteiger partial charge is 0.361 e. The lowest BCUT2D eigenvalue weighted by Crippen LogP contribution is -2.28. The molecule has 1 heterocycles. The van der Waals surface area contributed by atoms with Crippen LogP contribution in [0.1, 0.15) is 0 Å². The maximum Gasteiger partial charge on any atom is 0.301 e. The summed E-state index contributed by atoms with van der Waals surface area (Å²) in [5.41, 5.74) is 1.48. The fourth-order valence-corrected chi connectivity index (χ4v) is 2.04. The maximum absolute atomic E-state index is 11.7. The number of aromatic amines is 1. The third kappa shape index (κ3) is 1.89. The lowest BCUT2D eigenvalue weighted by molar-refractivity contribution is 0.527. The van der Waals surface area contributed by atoms with Crippen LogP contribution in [0.25, 0.3) is 10.9 Å². The van der Waals surface area contributed by atoms with Crippen LogP contribution in [0.15, 0.2) is 30.5 Å². The lowest BCUT2D eigenvalue weighted by atomic mass is 10.2. The van der Waals surface area contributed by atoms with Crippen molar-refractivity contribution in [1.29, 1.82) is 0 Å². The van der Waals surface area contributed by atoms with Gasteiger partial charge in [0.25, 0.3) is 0 Å². The molecule has 1 aromatic carbocycles. The molecule has 0 unspecified atom stereocenters. The molecule has 1 aromatic heterocycles. The average Bonchev–Trinajstić information content (AvgIpc) is 2.65. The van der Waals surface area contributed by atoms with E-state index in [1.165, 1.54) is 14.1 Å². The molecule has 6 heteroatoms. The van der Waals surface area contributed by atoms with Crippen molar-refractivity contribution in [3.63, 3.8) is 0 Å². The van der Waals surface area contributed by atoms with Crippen LogP contribution in [0, 0.1) is 0 Å². The molecule has 0 atom stereocenters. The van der Waals surface area contributed by atoms with Gasteiger partial charge in [-0.05, 0) is 18.2 Å². The van der Waals surface area contributed by atoms with Gasteiger partial charge >= 0.3 is 10.2 Å². The summed E-state index contributed by atoms with van der Waals surface area (Å²) >= 11 is 0. The molecule has 2 aromatic rings. The number of fused-ring (bicyclic) bond motifs is 1. The van der Waals surface area contributed by atoms with Crippen molar-refractivity contribution in [1.82, 2.24) is 9.29 Å². The minimum Gasteiger partial charge on any atom is -0.361 e. The molecule has 86 valence electrons. The Balaban J connectivity index is 2.46. The predicted molar refractivity (Wildman–Crippen MR) is 64.5 cm³/mol. The number of hydrogen-bond acceptors (Lipinski definition) is 2. The molecule has 0 saturated heterocycles. The van der Waals surface area contributed by atoms with Crippen molar-refractivity contribution >= 4 is 26.8 Å². The number of H-pyrrole nitrogens is 1. The molecule has 0 fully saturated rings. The number of hydrogen-bond donors (Lipinski definition) is 2. The highest BCUT2D eigenvalue weighted by atomic mass is 32.2. The van der Waals surface area contributed by atoms with Crippen LogP contribution in [-0.2, 0) is 10.2 Å². The van der Waals surface area contributed by atoms with E-state index in [9.17, 15) is 8.42 Å². The Kier molecular flexibility index (Phi) is 2.61. The Morgan fingerprint density at radius 3 is 2.69 bits per heavy atom. The molecule has 0 aliphatic carbocycles. The molecule has 2 N–H and O–H groups in total. The number of nitrogens with one attached hydrogen (secondary N) is 2. The first-order valence-electron chi connectivity index (χ1n) is 4.77. The molecular formula is C10H13N3O2S. The number of benzene rings is 1. The van der Waals surface area contributed by atoms with Crippen LogP contribution < -0.4 is 4.72 Å². The third-order valence-electron chi connectivity index (χ3n) is 2.31. The van der Waals surface area contributed by atoms with Crippen molar-refractivity contribution < 1.29 is 8.42 Å². The Morgan fingerprint density at radius 2 is 2.00 bits per heavy atom. The maximum atomic E-state index is 11.7. The summed E-state index contributed by atoms with van der Waals surface area (Å²) in [7, 11) is -0.480. The zero-order valence-electron chi connectivity index (χ0n) is 9.06. The summed E-state index contributed by atoms with van der Waals surface area (Å²) in [6.45, 7) is 0. The molecule has 2 rings (SSSR count). The van der Waals surface area contributed by atoms with Gasteiger partial charge in [0.15, 0.2) is 0 Å². The number of rotatable bonds is 3. The SMILES string of the molecule is CN(C)S(=O)(=O)Nc1cccc2[nH]ccc12. The van der Waals surface area contributed by atoms with Gasteiger partial charge in [-0.3, -0.25) is 4.72 Å². The van der Waals surface area contributed by atoms with Gasteiger partial charge in [0.1, 0.15) is 0 Å². The minimum absolute atomic E-state index is 0.576. The molecule has 0 amide bonds. The summed E-state index contributed by atoms with van der Waals surface area (Å²) in [6, 6.07) is 7.26. The van der Waals surface area contributed by atoms with E-state index in [2.05, 4.69) is 9.71 Å². The van der Waals surface area contributed by atoms with Crippen LogP contribution in [0.4, 0.5) is 5.69 Å². The molecular weight excluding hydrogens is 226 g/mol. The summed E-state index contributed by atoms with van der Waals surface area (Å²) in [4.78, 5) is 3.03. The van der Waals surface area contributed by atoms with Crippen LogP contribution in [0.2, 0.25) is 0 Å². The standard InChI is InChI=1S/C10H13N3O2S/c1-13(2)16(14,15)12-10-5-3-4-9-8(10)6-7-11-9/h3-7,11-12H,1-2H3. The first-order valence-corrected chi connectivity index (χ1v) is 6.21. The van der Waals surface area contributed by atoms with Crippen molar-refractivity contribution in [2.24, 2.45) is 0 Å². The normalized spacial score (nSPS) is 12.2. The molecule has 0 aliphatic rings. The highest BCUT2D eigenvalue weighted by Crippen LogP contribution is 2.23. The fourth-order valence-electron chi connectivity index (χ4n) is 1.40. The quantitative estimate of drug-likeness (QED) is 0.850. The second kappa shape index (κ2) is 3.80. The van der Waals surface area contributed by atoms with Crippen molar-refractivity contribution in [2.75, 3.05) is 18.8 Å². The second-order valence-corrected chi connectivity index (χ2v) is 5.52. The minimum atomic E-state index is -3.45. The number of anilines is 1. The van der Waals surface area contributed by atoms with Gasteiger partial charge < -0.3 is 4.98 Å². The van der Waals surface area contributed by atoms with Crippen molar-refractivity contribution in [2.45, 2.75) is 0 Å². The monoisotopic (exact) mass is 239 g/mol. The molecule has 0 spiro atoms. The van der Waals surface area contributed by atoms with Gasteiger partial charge in [0.05, 0.1) is 5.69 Å². The van der Waals surface area contributed by atoms with Crippen LogP contribution in [0.5, 0.6) is 0 Å². The number of nitrogens with zero attached hydrogens (tertiary/aromatic N) is 1. The van der Waals surface area contributed by atoms with Crippen LogP contribution in [-0.4, -0.2) is 31.8 Å². The third-order valence-corrected chi connectivity index (χ3v) is 3.75. The first-order chi connectivity index (χ1) is 7.50. The van der Waals surface area contributed by atoms with E-state index in [0.717, 1.165) is 15.2 Å². The summed E-state index contributed by atoms with van der Waals surface area (Å²) in [5.74, 6) is 0. The first kappa shape index (κ1) is 11.0. The van der Waals surface area contributed by atoms with Crippen molar-refractivity contribution in [3.05, 3.63) is 30.5 Å². The van der Waals surface area contributed by atoms with E-state index in [1.807, 2.05) is 12.1 Å².